The van der Waals surface area contributed by atoms with Crippen molar-refractivity contribution >= 4 is 40.7 Å². The molecule has 2 aromatic carbocycles. The van der Waals surface area contributed by atoms with E-state index in [1.54, 1.807) is 11.8 Å². The van der Waals surface area contributed by atoms with E-state index < -0.39 is 0 Å². The van der Waals surface area contributed by atoms with Crippen molar-refractivity contribution < 1.29 is 4.79 Å². The van der Waals surface area contributed by atoms with Crippen molar-refractivity contribution in [1.82, 2.24) is 10.9 Å². The van der Waals surface area contributed by atoms with Gasteiger partial charge in [-0.05, 0) is 48.7 Å². The normalized spacial score (nSPS) is 9.91. The molecule has 0 bridgehead atoms. The summed E-state index contributed by atoms with van der Waals surface area (Å²) in [6.45, 7) is 0. The minimum Gasteiger partial charge on any atom is -0.331 e. The lowest BCUT2D eigenvalue weighted by Gasteiger charge is -2.11. The summed E-state index contributed by atoms with van der Waals surface area (Å²) in [5.41, 5.74) is 6.18. The summed E-state index contributed by atoms with van der Waals surface area (Å²) in [4.78, 5) is 13.0. The standard InChI is InChI=1S/C17H19N3OS2/c21-16(12-7-13-23-15-10-5-2-6-11-15)19-20-17(22)18-14-8-3-1-4-9-14/h1-6,8-11H,7,12-13H2,(H,19,21)(H2,18,20,22). The van der Waals surface area contributed by atoms with Gasteiger partial charge in [-0.2, -0.15) is 0 Å². The molecule has 0 aliphatic carbocycles. The zero-order chi connectivity index (χ0) is 16.3. The van der Waals surface area contributed by atoms with Crippen LogP contribution in [0.4, 0.5) is 5.69 Å². The van der Waals surface area contributed by atoms with Crippen molar-refractivity contribution in [3.05, 3.63) is 60.7 Å². The number of thiocarbonyl (C=S) groups is 1. The van der Waals surface area contributed by atoms with E-state index in [1.165, 1.54) is 4.90 Å². The molecule has 4 nitrogen and oxygen atoms in total. The lowest BCUT2D eigenvalue weighted by atomic mass is 10.3. The Bertz CT molecular complexity index is 620. The number of hydrogen-bond acceptors (Lipinski definition) is 3. The molecule has 0 fully saturated rings. The molecule has 0 unspecified atom stereocenters. The van der Waals surface area contributed by atoms with Crippen molar-refractivity contribution in [2.75, 3.05) is 11.1 Å². The zero-order valence-electron chi connectivity index (χ0n) is 12.6. The lowest BCUT2D eigenvalue weighted by molar-refractivity contribution is -0.121. The van der Waals surface area contributed by atoms with Crippen molar-refractivity contribution in [2.45, 2.75) is 17.7 Å². The molecule has 0 heterocycles. The Hall–Kier alpha value is -2.05. The average molecular weight is 345 g/mol. The number of para-hydroxylation sites is 1. The fourth-order valence-electron chi connectivity index (χ4n) is 1.81. The number of nitrogens with one attached hydrogen (secondary N) is 3. The van der Waals surface area contributed by atoms with Gasteiger partial charge >= 0.3 is 0 Å². The number of thioether (sulfide) groups is 1. The first-order valence-electron chi connectivity index (χ1n) is 7.33. The molecule has 6 heteroatoms. The maximum absolute atomic E-state index is 11.7. The number of rotatable bonds is 6. The molecule has 0 radical (unpaired) electrons. The Morgan fingerprint density at radius 1 is 0.957 bits per heavy atom. The van der Waals surface area contributed by atoms with E-state index in [9.17, 15) is 4.79 Å². The first-order valence-corrected chi connectivity index (χ1v) is 8.72. The third-order valence-corrected chi connectivity index (χ3v) is 4.21. The number of hydrazine groups is 1. The maximum Gasteiger partial charge on any atom is 0.238 e. The van der Waals surface area contributed by atoms with E-state index in [-0.39, 0.29) is 5.91 Å². The maximum atomic E-state index is 11.7. The van der Waals surface area contributed by atoms with E-state index in [0.29, 0.717) is 11.5 Å². The predicted octanol–water partition coefficient (Wildman–Crippen LogP) is 3.58. The van der Waals surface area contributed by atoms with Crippen LogP contribution in [-0.4, -0.2) is 16.8 Å². The Morgan fingerprint density at radius 3 is 2.30 bits per heavy atom. The van der Waals surface area contributed by atoms with Crippen LogP contribution < -0.4 is 16.2 Å². The largest absolute Gasteiger partial charge is 0.331 e. The second-order valence-electron chi connectivity index (χ2n) is 4.76. The molecule has 2 aromatic rings. The SMILES string of the molecule is O=C(CCCSc1ccccc1)NNC(=S)Nc1ccccc1. The van der Waals surface area contributed by atoms with E-state index in [2.05, 4.69) is 28.3 Å². The monoisotopic (exact) mass is 345 g/mol. The molecule has 0 atom stereocenters. The Kier molecular flexibility index (Phi) is 7.42. The number of hydrogen-bond donors (Lipinski definition) is 3. The minimum absolute atomic E-state index is 0.0733. The number of amides is 1. The van der Waals surface area contributed by atoms with E-state index >= 15 is 0 Å². The number of anilines is 1. The van der Waals surface area contributed by atoms with Gasteiger partial charge in [-0.15, -0.1) is 11.8 Å². The van der Waals surface area contributed by atoms with Gasteiger partial charge in [0, 0.05) is 17.0 Å². The topological polar surface area (TPSA) is 53.2 Å². The fraction of sp³-hybridized carbons (Fsp3) is 0.176. The highest BCUT2D eigenvalue weighted by molar-refractivity contribution is 7.99. The molecule has 0 aliphatic heterocycles. The van der Waals surface area contributed by atoms with Crippen LogP contribution in [0.3, 0.4) is 0 Å². The molecule has 0 spiro atoms. The molecular formula is C17H19N3OS2. The van der Waals surface area contributed by atoms with Crippen LogP contribution in [-0.2, 0) is 4.79 Å². The molecule has 1 amide bonds. The summed E-state index contributed by atoms with van der Waals surface area (Å²) in [5, 5.41) is 3.35. The van der Waals surface area contributed by atoms with Crippen LogP contribution in [0.2, 0.25) is 0 Å². The van der Waals surface area contributed by atoms with E-state index in [4.69, 9.17) is 12.2 Å². The molecule has 0 saturated heterocycles. The van der Waals surface area contributed by atoms with Crippen molar-refractivity contribution in [2.24, 2.45) is 0 Å². The summed E-state index contributed by atoms with van der Waals surface area (Å²) in [6.07, 6.45) is 1.27. The van der Waals surface area contributed by atoms with Crippen LogP contribution in [0.15, 0.2) is 65.6 Å². The highest BCUT2D eigenvalue weighted by atomic mass is 32.2. The zero-order valence-corrected chi connectivity index (χ0v) is 14.3. The van der Waals surface area contributed by atoms with Crippen LogP contribution in [0.5, 0.6) is 0 Å². The average Bonchev–Trinajstić information content (AvgIpc) is 2.59. The Balaban J connectivity index is 1.57. The van der Waals surface area contributed by atoms with Crippen LogP contribution >= 0.6 is 24.0 Å². The second kappa shape index (κ2) is 9.86. The Morgan fingerprint density at radius 2 is 1.61 bits per heavy atom. The van der Waals surface area contributed by atoms with Crippen molar-refractivity contribution in [3.8, 4) is 0 Å². The fourth-order valence-corrected chi connectivity index (χ4v) is 2.86. The van der Waals surface area contributed by atoms with Gasteiger partial charge in [0.1, 0.15) is 0 Å². The van der Waals surface area contributed by atoms with Crippen molar-refractivity contribution in [1.29, 1.82) is 0 Å². The summed E-state index contributed by atoms with van der Waals surface area (Å²) in [5.74, 6) is 0.834. The molecule has 23 heavy (non-hydrogen) atoms. The van der Waals surface area contributed by atoms with Gasteiger partial charge in [-0.25, -0.2) is 0 Å². The van der Waals surface area contributed by atoms with Gasteiger partial charge in [-0.3, -0.25) is 15.6 Å². The van der Waals surface area contributed by atoms with Crippen LogP contribution in [0.25, 0.3) is 0 Å². The van der Waals surface area contributed by atoms with Gasteiger partial charge in [-0.1, -0.05) is 36.4 Å². The molecule has 2 rings (SSSR count). The number of carbonyl (C=O) groups is 1. The minimum atomic E-state index is -0.0733. The van der Waals surface area contributed by atoms with Gasteiger partial charge < -0.3 is 5.32 Å². The highest BCUT2D eigenvalue weighted by Gasteiger charge is 2.02. The smallest absolute Gasteiger partial charge is 0.238 e. The Labute approximate surface area is 146 Å². The number of benzene rings is 2. The highest BCUT2D eigenvalue weighted by Crippen LogP contribution is 2.18. The summed E-state index contributed by atoms with van der Waals surface area (Å²) in [6, 6.07) is 19.7. The van der Waals surface area contributed by atoms with Crippen LogP contribution in [0.1, 0.15) is 12.8 Å². The van der Waals surface area contributed by atoms with Crippen LogP contribution in [0, 0.1) is 0 Å². The quantitative estimate of drug-likeness (QED) is 0.323. The first-order chi connectivity index (χ1) is 11.2. The van der Waals surface area contributed by atoms with E-state index in [1.807, 2.05) is 48.5 Å². The third kappa shape index (κ3) is 7.17. The van der Waals surface area contributed by atoms with Gasteiger partial charge in [0.05, 0.1) is 0 Å². The summed E-state index contributed by atoms with van der Waals surface area (Å²) >= 11 is 6.86. The van der Waals surface area contributed by atoms with Gasteiger partial charge in [0.25, 0.3) is 0 Å². The third-order valence-electron chi connectivity index (χ3n) is 2.91. The molecule has 120 valence electrons. The first kappa shape index (κ1) is 17.3. The van der Waals surface area contributed by atoms with Gasteiger partial charge in [0.15, 0.2) is 5.11 Å². The van der Waals surface area contributed by atoms with Gasteiger partial charge in [0.2, 0.25) is 5.91 Å². The summed E-state index contributed by atoms with van der Waals surface area (Å²) in [7, 11) is 0. The molecular weight excluding hydrogens is 326 g/mol. The second-order valence-corrected chi connectivity index (χ2v) is 6.33. The molecule has 0 aromatic heterocycles. The molecule has 0 saturated carbocycles. The molecule has 0 aliphatic rings. The molecule has 3 N–H and O–H groups in total. The lowest BCUT2D eigenvalue weighted by Crippen LogP contribution is -2.43. The summed E-state index contributed by atoms with van der Waals surface area (Å²) < 4.78 is 0. The van der Waals surface area contributed by atoms with Crippen molar-refractivity contribution in [3.63, 3.8) is 0 Å². The number of carbonyl (C=O) groups excluding carboxylic acids is 1. The van der Waals surface area contributed by atoms with E-state index in [0.717, 1.165) is 17.9 Å². The predicted molar refractivity (Wildman–Crippen MR) is 100 cm³/mol.